The molecule has 1 atom stereocenters. The summed E-state index contributed by atoms with van der Waals surface area (Å²) in [4.78, 5) is 24.8. The molecule has 0 N–H and O–H groups in total. The Morgan fingerprint density at radius 1 is 1.25 bits per heavy atom. The van der Waals surface area contributed by atoms with Gasteiger partial charge in [-0.15, -0.1) is 0 Å². The molecule has 1 unspecified atom stereocenters. The molecule has 2 aromatic rings. The maximum atomic E-state index is 12.7. The molecule has 7 heteroatoms. The number of carbonyl (C=O) groups is 1. The Kier molecular flexibility index (Phi) is 6.26. The van der Waals surface area contributed by atoms with E-state index in [0.717, 1.165) is 6.42 Å². The predicted molar refractivity (Wildman–Crippen MR) is 105 cm³/mol. The van der Waals surface area contributed by atoms with E-state index in [1.807, 2.05) is 31.2 Å². The number of nitro groups is 1. The van der Waals surface area contributed by atoms with E-state index in [1.165, 1.54) is 18.2 Å². The lowest BCUT2D eigenvalue weighted by Crippen LogP contribution is -2.43. The van der Waals surface area contributed by atoms with Gasteiger partial charge in [-0.05, 0) is 30.2 Å². The molecule has 0 radical (unpaired) electrons. The molecule has 0 saturated carbocycles. The number of hydrogen-bond acceptors (Lipinski definition) is 5. The number of hydrogen-bond donors (Lipinski definition) is 0. The van der Waals surface area contributed by atoms with Gasteiger partial charge in [0.15, 0.2) is 17.6 Å². The van der Waals surface area contributed by atoms with Gasteiger partial charge in [0, 0.05) is 24.8 Å². The second-order valence-corrected chi connectivity index (χ2v) is 6.47. The van der Waals surface area contributed by atoms with Crippen LogP contribution in [0.1, 0.15) is 18.9 Å². The number of benzene rings is 2. The van der Waals surface area contributed by atoms with E-state index in [0.29, 0.717) is 36.8 Å². The lowest BCUT2D eigenvalue weighted by molar-refractivity contribution is -0.384. The molecule has 7 nitrogen and oxygen atoms in total. The van der Waals surface area contributed by atoms with Crippen LogP contribution < -0.4 is 9.47 Å². The number of nitrogens with zero attached hydrogens (tertiary/aromatic N) is 2. The van der Waals surface area contributed by atoms with Gasteiger partial charge in [-0.3, -0.25) is 14.9 Å². The average molecular weight is 382 g/mol. The monoisotopic (exact) mass is 382 g/mol. The highest BCUT2D eigenvalue weighted by atomic mass is 16.6. The van der Waals surface area contributed by atoms with E-state index in [-0.39, 0.29) is 17.7 Å². The van der Waals surface area contributed by atoms with Crippen molar-refractivity contribution in [2.45, 2.75) is 19.4 Å². The number of fused-ring (bicyclic) bond motifs is 1. The van der Waals surface area contributed by atoms with Gasteiger partial charge in [0.1, 0.15) is 6.61 Å². The van der Waals surface area contributed by atoms with E-state index in [2.05, 4.69) is 0 Å². The number of ether oxygens (including phenoxy) is 2. The first-order chi connectivity index (χ1) is 13.6. The van der Waals surface area contributed by atoms with Crippen molar-refractivity contribution in [3.63, 3.8) is 0 Å². The Morgan fingerprint density at radius 2 is 2.04 bits per heavy atom. The molecule has 0 aliphatic carbocycles. The van der Waals surface area contributed by atoms with E-state index in [9.17, 15) is 14.9 Å². The molecule has 1 aliphatic heterocycles. The highest BCUT2D eigenvalue weighted by Gasteiger charge is 2.24. The molecule has 28 heavy (non-hydrogen) atoms. The molecule has 2 aromatic carbocycles. The summed E-state index contributed by atoms with van der Waals surface area (Å²) in [5.41, 5.74) is 0.594. The predicted octanol–water partition coefficient (Wildman–Crippen LogP) is 3.69. The summed E-state index contributed by atoms with van der Waals surface area (Å²) in [7, 11) is 0. The van der Waals surface area contributed by atoms with Crippen molar-refractivity contribution < 1.29 is 19.2 Å². The first-order valence-electron chi connectivity index (χ1n) is 9.16. The maximum absolute atomic E-state index is 12.7. The van der Waals surface area contributed by atoms with Gasteiger partial charge in [0.2, 0.25) is 5.91 Å². The van der Waals surface area contributed by atoms with Crippen LogP contribution in [0.2, 0.25) is 0 Å². The van der Waals surface area contributed by atoms with Crippen LogP contribution in [0.3, 0.4) is 0 Å². The molecule has 0 spiro atoms. The molecule has 3 rings (SSSR count). The van der Waals surface area contributed by atoms with Crippen molar-refractivity contribution in [3.05, 3.63) is 70.3 Å². The topological polar surface area (TPSA) is 81.9 Å². The molecule has 0 bridgehead atoms. The molecule has 1 aliphatic rings. The van der Waals surface area contributed by atoms with Gasteiger partial charge in [-0.25, -0.2) is 0 Å². The molecule has 146 valence electrons. The number of para-hydroxylation sites is 2. The van der Waals surface area contributed by atoms with Gasteiger partial charge in [-0.1, -0.05) is 31.2 Å². The zero-order valence-corrected chi connectivity index (χ0v) is 15.6. The van der Waals surface area contributed by atoms with Crippen molar-refractivity contribution in [3.8, 4) is 11.5 Å². The fourth-order valence-electron chi connectivity index (χ4n) is 2.98. The number of carbonyl (C=O) groups excluding carboxylic acids is 1. The normalized spacial score (nSPS) is 15.4. The van der Waals surface area contributed by atoms with Crippen molar-refractivity contribution in [1.29, 1.82) is 0 Å². The highest BCUT2D eigenvalue weighted by molar-refractivity contribution is 5.91. The summed E-state index contributed by atoms with van der Waals surface area (Å²) < 4.78 is 11.7. The van der Waals surface area contributed by atoms with Crippen LogP contribution in [-0.2, 0) is 4.79 Å². The van der Waals surface area contributed by atoms with Crippen LogP contribution in [-0.4, -0.2) is 41.5 Å². The van der Waals surface area contributed by atoms with Gasteiger partial charge in [0.25, 0.3) is 5.69 Å². The maximum Gasteiger partial charge on any atom is 0.270 e. The second-order valence-electron chi connectivity index (χ2n) is 6.47. The second kappa shape index (κ2) is 9.03. The summed E-state index contributed by atoms with van der Waals surface area (Å²) in [6.45, 7) is 3.36. The number of nitro benzene ring substituents is 1. The van der Waals surface area contributed by atoms with Crippen molar-refractivity contribution in [2.75, 3.05) is 19.7 Å². The summed E-state index contributed by atoms with van der Waals surface area (Å²) in [5, 5.41) is 10.9. The third-order valence-electron chi connectivity index (χ3n) is 4.30. The van der Waals surface area contributed by atoms with Crippen LogP contribution in [0, 0.1) is 10.1 Å². The van der Waals surface area contributed by atoms with Crippen LogP contribution in [0.25, 0.3) is 6.08 Å². The molecular weight excluding hydrogens is 360 g/mol. The largest absolute Gasteiger partial charge is 0.486 e. The van der Waals surface area contributed by atoms with Crippen LogP contribution >= 0.6 is 0 Å². The first-order valence-corrected chi connectivity index (χ1v) is 9.16. The third-order valence-corrected chi connectivity index (χ3v) is 4.30. The lowest BCUT2D eigenvalue weighted by Gasteiger charge is -2.30. The van der Waals surface area contributed by atoms with Gasteiger partial charge >= 0.3 is 0 Å². The van der Waals surface area contributed by atoms with Gasteiger partial charge in [0.05, 0.1) is 11.5 Å². The minimum absolute atomic E-state index is 0.00793. The lowest BCUT2D eigenvalue weighted by atomic mass is 10.2. The zero-order valence-electron chi connectivity index (χ0n) is 15.6. The fourth-order valence-corrected chi connectivity index (χ4v) is 2.98. The van der Waals surface area contributed by atoms with Crippen molar-refractivity contribution in [2.24, 2.45) is 0 Å². The molecular formula is C21H22N2O5. The molecule has 0 fully saturated rings. The standard InChI is InChI=1S/C21H22N2O5/c1-2-12-22(14-18-15-27-19-8-3-4-9-20(19)28-18)21(24)11-10-16-6-5-7-17(13-16)23(25)26/h3-11,13,18H,2,12,14-15H2,1H3/b11-10+. The Labute approximate surface area is 163 Å². The Balaban J connectivity index is 1.66. The first kappa shape index (κ1) is 19.4. The minimum atomic E-state index is -0.458. The zero-order chi connectivity index (χ0) is 19.9. The number of non-ortho nitro benzene ring substituents is 1. The Morgan fingerprint density at radius 3 is 2.79 bits per heavy atom. The van der Waals surface area contributed by atoms with E-state index in [4.69, 9.17) is 9.47 Å². The smallest absolute Gasteiger partial charge is 0.270 e. The SMILES string of the molecule is CCCN(CC1COc2ccccc2O1)C(=O)/C=C/c1cccc([N+](=O)[O-])c1. The summed E-state index contributed by atoms with van der Waals surface area (Å²) in [6.07, 6.45) is 3.58. The molecule has 0 aromatic heterocycles. The Hall–Kier alpha value is -3.35. The van der Waals surface area contributed by atoms with E-state index in [1.54, 1.807) is 23.1 Å². The molecule has 1 heterocycles. The Bertz CT molecular complexity index is 881. The van der Waals surface area contributed by atoms with E-state index >= 15 is 0 Å². The summed E-state index contributed by atoms with van der Waals surface area (Å²) in [5.74, 6) is 1.21. The molecule has 0 saturated heterocycles. The fraction of sp³-hybridized carbons (Fsp3) is 0.286. The van der Waals surface area contributed by atoms with Crippen molar-refractivity contribution in [1.82, 2.24) is 4.90 Å². The average Bonchev–Trinajstić information content (AvgIpc) is 2.71. The van der Waals surface area contributed by atoms with Gasteiger partial charge in [-0.2, -0.15) is 0 Å². The quantitative estimate of drug-likeness (QED) is 0.414. The highest BCUT2D eigenvalue weighted by Crippen LogP contribution is 2.31. The van der Waals surface area contributed by atoms with Crippen LogP contribution in [0.5, 0.6) is 11.5 Å². The number of rotatable bonds is 7. The number of amides is 1. The summed E-state index contributed by atoms with van der Waals surface area (Å²) in [6, 6.07) is 13.6. The van der Waals surface area contributed by atoms with Crippen molar-refractivity contribution >= 4 is 17.7 Å². The van der Waals surface area contributed by atoms with Crippen LogP contribution in [0.4, 0.5) is 5.69 Å². The minimum Gasteiger partial charge on any atom is -0.486 e. The van der Waals surface area contributed by atoms with Crippen LogP contribution in [0.15, 0.2) is 54.6 Å². The molecule has 1 amide bonds. The summed E-state index contributed by atoms with van der Waals surface area (Å²) >= 11 is 0. The van der Waals surface area contributed by atoms with E-state index < -0.39 is 4.92 Å². The third kappa shape index (κ3) is 4.88. The van der Waals surface area contributed by atoms with Gasteiger partial charge < -0.3 is 14.4 Å².